The maximum atomic E-state index is 12.8. The van der Waals surface area contributed by atoms with E-state index in [0.29, 0.717) is 44.2 Å². The molecule has 2 amide bonds. The predicted octanol–water partition coefficient (Wildman–Crippen LogP) is -0.168. The van der Waals surface area contributed by atoms with Crippen LogP contribution in [0.2, 0.25) is 0 Å². The Balaban J connectivity index is 1.32. The molecule has 2 fully saturated rings. The van der Waals surface area contributed by atoms with Gasteiger partial charge < -0.3 is 25.0 Å². The normalized spacial score (nSPS) is 22.7. The summed E-state index contributed by atoms with van der Waals surface area (Å²) < 4.78 is 11.1. The zero-order valence-electron chi connectivity index (χ0n) is 15.4. The van der Waals surface area contributed by atoms with Crippen LogP contribution in [0.1, 0.15) is 6.42 Å². The number of ether oxygens (including phenoxy) is 2. The summed E-state index contributed by atoms with van der Waals surface area (Å²) in [5, 5.41) is 6.24. The molecule has 0 radical (unpaired) electrons. The van der Waals surface area contributed by atoms with Gasteiger partial charge >= 0.3 is 0 Å². The molecule has 3 aliphatic rings. The van der Waals surface area contributed by atoms with Crippen molar-refractivity contribution in [2.75, 3.05) is 63.9 Å². The van der Waals surface area contributed by atoms with Gasteiger partial charge in [0.05, 0.1) is 0 Å². The monoisotopic (exact) mass is 374 g/mol. The summed E-state index contributed by atoms with van der Waals surface area (Å²) in [6, 6.07) is 5.48. The Labute approximate surface area is 158 Å². The zero-order chi connectivity index (χ0) is 18.6. The summed E-state index contributed by atoms with van der Waals surface area (Å²) in [6.07, 6.45) is 0.534. The van der Waals surface area contributed by atoms with Crippen LogP contribution in [0.15, 0.2) is 18.2 Å². The molecule has 0 bridgehead atoms. The molecule has 0 saturated carbocycles. The first-order valence-corrected chi connectivity index (χ1v) is 9.64. The molecule has 1 aromatic carbocycles. The number of fused-ring (bicyclic) bond motifs is 1. The number of hydrogen-bond donors (Lipinski definition) is 2. The van der Waals surface area contributed by atoms with Gasteiger partial charge in [-0.15, -0.1) is 0 Å². The summed E-state index contributed by atoms with van der Waals surface area (Å²) in [4.78, 5) is 29.2. The Morgan fingerprint density at radius 2 is 1.93 bits per heavy atom. The molecule has 3 heterocycles. The maximum Gasteiger partial charge on any atom is 0.239 e. The lowest BCUT2D eigenvalue weighted by atomic mass is 10.1. The van der Waals surface area contributed by atoms with Crippen LogP contribution in [0, 0.1) is 5.92 Å². The average Bonchev–Trinajstić information content (AvgIpc) is 3.10. The van der Waals surface area contributed by atoms with Gasteiger partial charge in [0.15, 0.2) is 11.5 Å². The first-order chi connectivity index (χ1) is 13.2. The van der Waals surface area contributed by atoms with Crippen molar-refractivity contribution >= 4 is 17.5 Å². The molecular formula is C19H26N4O4. The molecule has 4 rings (SSSR count). The van der Waals surface area contributed by atoms with Gasteiger partial charge in [-0.1, -0.05) is 0 Å². The zero-order valence-corrected chi connectivity index (χ0v) is 15.4. The van der Waals surface area contributed by atoms with E-state index in [9.17, 15) is 9.59 Å². The van der Waals surface area contributed by atoms with Crippen LogP contribution >= 0.6 is 0 Å². The summed E-state index contributed by atoms with van der Waals surface area (Å²) in [7, 11) is 0. The van der Waals surface area contributed by atoms with Gasteiger partial charge in [0, 0.05) is 57.6 Å². The standard InChI is InChI=1S/C19H26N4O4/c24-18(21-6-10-22-8-4-20-5-9-22)15-3-7-23(19(15)25)14-1-2-16-17(13-14)27-12-11-26-16/h1-2,13,15,20H,3-12H2,(H,21,24). The number of benzene rings is 1. The minimum absolute atomic E-state index is 0.147. The lowest BCUT2D eigenvalue weighted by molar-refractivity contribution is -0.132. The fraction of sp³-hybridized carbons (Fsp3) is 0.579. The Kier molecular flexibility index (Phi) is 5.45. The topological polar surface area (TPSA) is 83.1 Å². The maximum absolute atomic E-state index is 12.8. The van der Waals surface area contributed by atoms with Gasteiger partial charge in [0.1, 0.15) is 19.1 Å². The molecule has 8 nitrogen and oxygen atoms in total. The van der Waals surface area contributed by atoms with Gasteiger partial charge in [-0.25, -0.2) is 0 Å². The molecule has 1 unspecified atom stereocenters. The van der Waals surface area contributed by atoms with Crippen LogP contribution in [0.5, 0.6) is 11.5 Å². The van der Waals surface area contributed by atoms with Crippen molar-refractivity contribution < 1.29 is 19.1 Å². The van der Waals surface area contributed by atoms with Crippen LogP contribution in [-0.4, -0.2) is 75.7 Å². The average molecular weight is 374 g/mol. The van der Waals surface area contributed by atoms with Crippen molar-refractivity contribution in [1.82, 2.24) is 15.5 Å². The lowest BCUT2D eigenvalue weighted by Crippen LogP contribution is -2.47. The first-order valence-electron chi connectivity index (χ1n) is 9.64. The second-order valence-corrected chi connectivity index (χ2v) is 7.04. The molecule has 0 aromatic heterocycles. The van der Waals surface area contributed by atoms with Gasteiger partial charge in [-0.3, -0.25) is 14.5 Å². The van der Waals surface area contributed by atoms with E-state index < -0.39 is 5.92 Å². The van der Waals surface area contributed by atoms with E-state index in [4.69, 9.17) is 9.47 Å². The Bertz CT molecular complexity index is 705. The van der Waals surface area contributed by atoms with Gasteiger partial charge in [-0.05, 0) is 18.6 Å². The Hall–Kier alpha value is -2.32. The molecule has 146 valence electrons. The highest BCUT2D eigenvalue weighted by Gasteiger charge is 2.37. The van der Waals surface area contributed by atoms with Crippen LogP contribution in [-0.2, 0) is 9.59 Å². The van der Waals surface area contributed by atoms with Crippen molar-refractivity contribution in [2.24, 2.45) is 5.92 Å². The lowest BCUT2D eigenvalue weighted by Gasteiger charge is -2.27. The number of anilines is 1. The van der Waals surface area contributed by atoms with E-state index in [1.807, 2.05) is 18.2 Å². The molecule has 0 aliphatic carbocycles. The van der Waals surface area contributed by atoms with Gasteiger partial charge in [0.25, 0.3) is 0 Å². The number of rotatable bonds is 5. The Morgan fingerprint density at radius 1 is 1.15 bits per heavy atom. The van der Waals surface area contributed by atoms with Gasteiger partial charge in [-0.2, -0.15) is 0 Å². The summed E-state index contributed by atoms with van der Waals surface area (Å²) in [5.74, 6) is 0.414. The molecule has 1 aromatic rings. The van der Waals surface area contributed by atoms with Crippen molar-refractivity contribution in [3.05, 3.63) is 18.2 Å². The number of carbonyl (C=O) groups excluding carboxylic acids is 2. The van der Waals surface area contributed by atoms with Crippen molar-refractivity contribution in [3.63, 3.8) is 0 Å². The fourth-order valence-electron chi connectivity index (χ4n) is 3.77. The number of piperazine rings is 1. The van der Waals surface area contributed by atoms with E-state index in [1.165, 1.54) is 0 Å². The molecule has 3 aliphatic heterocycles. The third-order valence-corrected chi connectivity index (χ3v) is 5.30. The quantitative estimate of drug-likeness (QED) is 0.697. The number of nitrogens with one attached hydrogen (secondary N) is 2. The number of carbonyl (C=O) groups is 2. The SMILES string of the molecule is O=C(NCCN1CCNCC1)C1CCN(c2ccc3c(c2)OCCO3)C1=O. The van der Waals surface area contributed by atoms with Crippen LogP contribution < -0.4 is 25.0 Å². The van der Waals surface area contributed by atoms with E-state index in [2.05, 4.69) is 15.5 Å². The summed E-state index contributed by atoms with van der Waals surface area (Å²) >= 11 is 0. The number of amides is 2. The second-order valence-electron chi connectivity index (χ2n) is 7.04. The van der Waals surface area contributed by atoms with E-state index in [-0.39, 0.29) is 11.8 Å². The first kappa shape index (κ1) is 18.1. The van der Waals surface area contributed by atoms with Crippen LogP contribution in [0.25, 0.3) is 0 Å². The fourth-order valence-corrected chi connectivity index (χ4v) is 3.77. The molecule has 27 heavy (non-hydrogen) atoms. The molecule has 2 N–H and O–H groups in total. The molecular weight excluding hydrogens is 348 g/mol. The van der Waals surface area contributed by atoms with E-state index in [0.717, 1.165) is 38.4 Å². The minimum Gasteiger partial charge on any atom is -0.486 e. The molecule has 2 saturated heterocycles. The van der Waals surface area contributed by atoms with Crippen molar-refractivity contribution in [3.8, 4) is 11.5 Å². The summed E-state index contributed by atoms with van der Waals surface area (Å²) in [5.41, 5.74) is 0.750. The van der Waals surface area contributed by atoms with Crippen LogP contribution in [0.4, 0.5) is 5.69 Å². The molecule has 0 spiro atoms. The second kappa shape index (κ2) is 8.14. The third-order valence-electron chi connectivity index (χ3n) is 5.30. The van der Waals surface area contributed by atoms with Crippen molar-refractivity contribution in [1.29, 1.82) is 0 Å². The molecule has 1 atom stereocenters. The predicted molar refractivity (Wildman–Crippen MR) is 100 cm³/mol. The van der Waals surface area contributed by atoms with Crippen LogP contribution in [0.3, 0.4) is 0 Å². The third kappa shape index (κ3) is 4.01. The van der Waals surface area contributed by atoms with E-state index >= 15 is 0 Å². The highest BCUT2D eigenvalue weighted by atomic mass is 16.6. The van der Waals surface area contributed by atoms with Crippen molar-refractivity contribution in [2.45, 2.75) is 6.42 Å². The highest BCUT2D eigenvalue weighted by molar-refractivity contribution is 6.09. The summed E-state index contributed by atoms with van der Waals surface area (Å²) in [6.45, 7) is 6.93. The van der Waals surface area contributed by atoms with Gasteiger partial charge in [0.2, 0.25) is 11.8 Å². The number of nitrogens with zero attached hydrogens (tertiary/aromatic N) is 2. The minimum atomic E-state index is -0.610. The van der Waals surface area contributed by atoms with E-state index in [1.54, 1.807) is 4.90 Å². The largest absolute Gasteiger partial charge is 0.486 e. The Morgan fingerprint density at radius 3 is 2.74 bits per heavy atom. The number of hydrogen-bond acceptors (Lipinski definition) is 6. The smallest absolute Gasteiger partial charge is 0.239 e. The highest BCUT2D eigenvalue weighted by Crippen LogP contribution is 2.35. The molecule has 8 heteroatoms.